The van der Waals surface area contributed by atoms with E-state index in [4.69, 9.17) is 10.8 Å². The molecule has 1 aliphatic rings. The van der Waals surface area contributed by atoms with Gasteiger partial charge >= 0.3 is 5.97 Å². The van der Waals surface area contributed by atoms with E-state index < -0.39 is 17.7 Å². The Kier molecular flexibility index (Phi) is 4.22. The summed E-state index contributed by atoms with van der Waals surface area (Å²) in [7, 11) is 0. The Balaban J connectivity index is 2.13. The summed E-state index contributed by atoms with van der Waals surface area (Å²) in [6.45, 7) is 0. The highest BCUT2D eigenvalue weighted by Crippen LogP contribution is 2.28. The number of benzene rings is 1. The third-order valence-electron chi connectivity index (χ3n) is 3.63. The van der Waals surface area contributed by atoms with Gasteiger partial charge in [-0.3, -0.25) is 9.59 Å². The summed E-state index contributed by atoms with van der Waals surface area (Å²) < 4.78 is 13.1. The zero-order chi connectivity index (χ0) is 14.7. The van der Waals surface area contributed by atoms with E-state index in [0.29, 0.717) is 18.5 Å². The molecule has 0 aromatic heterocycles. The van der Waals surface area contributed by atoms with Crippen molar-refractivity contribution in [1.29, 1.82) is 0 Å². The van der Waals surface area contributed by atoms with Gasteiger partial charge in [-0.25, -0.2) is 4.39 Å². The Labute approximate surface area is 116 Å². The van der Waals surface area contributed by atoms with Crippen molar-refractivity contribution < 1.29 is 19.1 Å². The maximum atomic E-state index is 13.1. The average molecular weight is 280 g/mol. The number of carbonyl (C=O) groups is 2. The van der Waals surface area contributed by atoms with Crippen molar-refractivity contribution in [3.8, 4) is 0 Å². The maximum absolute atomic E-state index is 13.1. The predicted molar refractivity (Wildman–Crippen MR) is 71.9 cm³/mol. The summed E-state index contributed by atoms with van der Waals surface area (Å²) in [6.07, 6.45) is 2.78. The minimum absolute atomic E-state index is 0.0478. The second-order valence-corrected chi connectivity index (χ2v) is 5.10. The molecule has 4 N–H and O–H groups in total. The Morgan fingerprint density at radius 1 is 1.35 bits per heavy atom. The molecule has 1 amide bonds. The minimum atomic E-state index is -0.800. The lowest BCUT2D eigenvalue weighted by Crippen LogP contribution is -2.31. The number of nitrogens with one attached hydrogen (secondary N) is 1. The number of carboxylic acids is 1. The van der Waals surface area contributed by atoms with Gasteiger partial charge in [-0.2, -0.15) is 0 Å². The highest BCUT2D eigenvalue weighted by molar-refractivity contribution is 5.98. The van der Waals surface area contributed by atoms with E-state index >= 15 is 0 Å². The number of hydrogen-bond acceptors (Lipinski definition) is 3. The number of aliphatic carboxylic acids is 1. The molecular formula is C14H17FN2O3. The van der Waals surface area contributed by atoms with E-state index in [2.05, 4.69) is 5.32 Å². The molecule has 2 rings (SSSR count). The number of nitrogens with two attached hydrogens (primary N) is 1. The predicted octanol–water partition coefficient (Wildman–Crippen LogP) is 1.98. The van der Waals surface area contributed by atoms with Crippen molar-refractivity contribution in [2.45, 2.75) is 31.7 Å². The number of primary amides is 1. The summed E-state index contributed by atoms with van der Waals surface area (Å²) in [4.78, 5) is 22.3. The summed E-state index contributed by atoms with van der Waals surface area (Å²) in [6, 6.07) is 3.74. The van der Waals surface area contributed by atoms with Crippen LogP contribution in [0.5, 0.6) is 0 Å². The number of carbonyl (C=O) groups excluding carboxylic acids is 1. The van der Waals surface area contributed by atoms with Crippen LogP contribution in [0.15, 0.2) is 18.2 Å². The second kappa shape index (κ2) is 5.90. The normalized spacial score (nSPS) is 22.2. The molecule has 0 radical (unpaired) electrons. The quantitative estimate of drug-likeness (QED) is 0.786. The third kappa shape index (κ3) is 3.26. The minimum Gasteiger partial charge on any atom is -0.481 e. The van der Waals surface area contributed by atoms with Crippen LogP contribution in [0.1, 0.15) is 36.0 Å². The van der Waals surface area contributed by atoms with Crippen molar-refractivity contribution in [3.63, 3.8) is 0 Å². The van der Waals surface area contributed by atoms with E-state index in [-0.39, 0.29) is 17.5 Å². The molecule has 0 saturated heterocycles. The first kappa shape index (κ1) is 14.3. The lowest BCUT2D eigenvalue weighted by atomic mass is 9.85. The van der Waals surface area contributed by atoms with Crippen molar-refractivity contribution in [3.05, 3.63) is 29.6 Å². The highest BCUT2D eigenvalue weighted by Gasteiger charge is 2.27. The summed E-state index contributed by atoms with van der Waals surface area (Å²) in [5, 5.41) is 12.2. The van der Waals surface area contributed by atoms with Crippen LogP contribution in [-0.2, 0) is 4.79 Å². The molecule has 2 atom stereocenters. The molecule has 5 nitrogen and oxygen atoms in total. The Morgan fingerprint density at radius 2 is 2.10 bits per heavy atom. The maximum Gasteiger partial charge on any atom is 0.306 e. The first-order valence-electron chi connectivity index (χ1n) is 6.56. The van der Waals surface area contributed by atoms with Crippen molar-refractivity contribution in [2.24, 2.45) is 11.7 Å². The van der Waals surface area contributed by atoms with E-state index in [0.717, 1.165) is 18.9 Å². The monoisotopic (exact) mass is 280 g/mol. The van der Waals surface area contributed by atoms with Crippen LogP contribution in [0.4, 0.5) is 10.1 Å². The van der Waals surface area contributed by atoms with Gasteiger partial charge in [0.25, 0.3) is 5.91 Å². The number of amides is 1. The van der Waals surface area contributed by atoms with E-state index in [1.165, 1.54) is 12.1 Å². The fraction of sp³-hybridized carbons (Fsp3) is 0.429. The molecule has 1 aliphatic carbocycles. The molecule has 0 spiro atoms. The van der Waals surface area contributed by atoms with Crippen LogP contribution >= 0.6 is 0 Å². The van der Waals surface area contributed by atoms with Gasteiger partial charge in [0.2, 0.25) is 0 Å². The second-order valence-electron chi connectivity index (χ2n) is 5.10. The molecule has 20 heavy (non-hydrogen) atoms. The van der Waals surface area contributed by atoms with Crippen LogP contribution in [0.25, 0.3) is 0 Å². The molecule has 6 heteroatoms. The Morgan fingerprint density at radius 3 is 2.75 bits per heavy atom. The number of carboxylic acid groups (broad SMARTS) is 1. The summed E-state index contributed by atoms with van der Waals surface area (Å²) >= 11 is 0. The van der Waals surface area contributed by atoms with Crippen LogP contribution in [-0.4, -0.2) is 23.0 Å². The first-order valence-corrected chi connectivity index (χ1v) is 6.56. The van der Waals surface area contributed by atoms with Gasteiger partial charge in [0.05, 0.1) is 11.5 Å². The molecule has 1 aromatic carbocycles. The SMILES string of the molecule is NC(=O)c1cc(F)ccc1NC1CCCC(C(=O)O)C1. The molecule has 108 valence electrons. The molecule has 1 fully saturated rings. The van der Waals surface area contributed by atoms with Gasteiger partial charge in [-0.15, -0.1) is 0 Å². The third-order valence-corrected chi connectivity index (χ3v) is 3.63. The van der Waals surface area contributed by atoms with E-state index in [1.54, 1.807) is 0 Å². The molecular weight excluding hydrogens is 263 g/mol. The zero-order valence-corrected chi connectivity index (χ0v) is 10.9. The van der Waals surface area contributed by atoms with Crippen LogP contribution in [0.2, 0.25) is 0 Å². The highest BCUT2D eigenvalue weighted by atomic mass is 19.1. The lowest BCUT2D eigenvalue weighted by molar-refractivity contribution is -0.142. The van der Waals surface area contributed by atoms with E-state index in [9.17, 15) is 14.0 Å². The van der Waals surface area contributed by atoms with Gasteiger partial charge in [0.1, 0.15) is 5.82 Å². The number of halogens is 1. The molecule has 1 saturated carbocycles. The summed E-state index contributed by atoms with van der Waals surface area (Å²) in [5.41, 5.74) is 5.76. The lowest BCUT2D eigenvalue weighted by Gasteiger charge is -2.28. The largest absolute Gasteiger partial charge is 0.481 e. The molecule has 2 unspecified atom stereocenters. The van der Waals surface area contributed by atoms with Gasteiger partial charge in [0, 0.05) is 11.7 Å². The average Bonchev–Trinajstić information content (AvgIpc) is 2.41. The first-order chi connectivity index (χ1) is 9.47. The van der Waals surface area contributed by atoms with Crippen LogP contribution in [0.3, 0.4) is 0 Å². The number of hydrogen-bond donors (Lipinski definition) is 3. The van der Waals surface area contributed by atoms with E-state index in [1.807, 2.05) is 0 Å². The van der Waals surface area contributed by atoms with Crippen LogP contribution < -0.4 is 11.1 Å². The van der Waals surface area contributed by atoms with Gasteiger partial charge in [-0.1, -0.05) is 6.42 Å². The topological polar surface area (TPSA) is 92.4 Å². The van der Waals surface area contributed by atoms with Crippen LogP contribution in [0, 0.1) is 11.7 Å². The number of rotatable bonds is 4. The Hall–Kier alpha value is -2.11. The molecule has 0 bridgehead atoms. The fourth-order valence-corrected chi connectivity index (χ4v) is 2.61. The fourth-order valence-electron chi connectivity index (χ4n) is 2.61. The van der Waals surface area contributed by atoms with Gasteiger partial charge < -0.3 is 16.2 Å². The zero-order valence-electron chi connectivity index (χ0n) is 10.9. The van der Waals surface area contributed by atoms with Crippen molar-refractivity contribution in [2.75, 3.05) is 5.32 Å². The molecule has 1 aromatic rings. The molecule has 0 aliphatic heterocycles. The van der Waals surface area contributed by atoms with Crippen molar-refractivity contribution in [1.82, 2.24) is 0 Å². The standard InChI is InChI=1S/C14H17FN2O3/c15-9-4-5-12(11(7-9)13(16)18)17-10-3-1-2-8(6-10)14(19)20/h4-5,7-8,10,17H,1-3,6H2,(H2,16,18)(H,19,20). The van der Waals surface area contributed by atoms with Gasteiger partial charge in [0.15, 0.2) is 0 Å². The van der Waals surface area contributed by atoms with Crippen molar-refractivity contribution >= 4 is 17.6 Å². The number of anilines is 1. The van der Waals surface area contributed by atoms with Gasteiger partial charge in [-0.05, 0) is 37.5 Å². The smallest absolute Gasteiger partial charge is 0.306 e. The summed E-state index contributed by atoms with van der Waals surface area (Å²) in [5.74, 6) is -2.42. The Bertz CT molecular complexity index is 533. The molecule has 0 heterocycles.